The number of pyridine rings is 1. The first-order valence-electron chi connectivity index (χ1n) is 5.76. The summed E-state index contributed by atoms with van der Waals surface area (Å²) in [6.07, 6.45) is 1.59. The first-order valence-corrected chi connectivity index (χ1v) is 5.76. The summed E-state index contributed by atoms with van der Waals surface area (Å²) in [7, 11) is 1.38. The lowest BCUT2D eigenvalue weighted by Gasteiger charge is -2.07. The zero-order valence-corrected chi connectivity index (χ0v) is 10.8. The first-order chi connectivity index (χ1) is 9.60. The van der Waals surface area contributed by atoms with Gasteiger partial charge in [0, 0.05) is 11.8 Å². The molecule has 0 saturated heterocycles. The molecule has 0 aliphatic carbocycles. The van der Waals surface area contributed by atoms with Crippen LogP contribution in [0, 0.1) is 10.1 Å². The molecule has 2 rings (SSSR count). The number of anilines is 1. The third-order valence-electron chi connectivity index (χ3n) is 2.60. The summed E-state index contributed by atoms with van der Waals surface area (Å²) >= 11 is 0. The van der Waals surface area contributed by atoms with Crippen molar-refractivity contribution in [2.75, 3.05) is 12.8 Å². The van der Waals surface area contributed by atoms with Crippen molar-refractivity contribution in [3.8, 4) is 11.5 Å². The van der Waals surface area contributed by atoms with E-state index in [0.717, 1.165) is 5.56 Å². The van der Waals surface area contributed by atoms with Crippen molar-refractivity contribution >= 4 is 11.5 Å². The van der Waals surface area contributed by atoms with Gasteiger partial charge < -0.3 is 15.2 Å². The molecule has 7 nitrogen and oxygen atoms in total. The third kappa shape index (κ3) is 3.14. The maximum absolute atomic E-state index is 10.9. The number of benzene rings is 1. The molecule has 0 saturated carbocycles. The average Bonchev–Trinajstić information content (AvgIpc) is 2.46. The lowest BCUT2D eigenvalue weighted by Crippen LogP contribution is -1.99. The molecule has 1 heterocycles. The zero-order valence-electron chi connectivity index (χ0n) is 10.8. The van der Waals surface area contributed by atoms with Crippen LogP contribution < -0.4 is 15.2 Å². The molecule has 0 spiro atoms. The van der Waals surface area contributed by atoms with Crippen molar-refractivity contribution in [3.63, 3.8) is 0 Å². The number of ether oxygens (including phenoxy) is 2. The molecule has 20 heavy (non-hydrogen) atoms. The number of hydrogen-bond donors (Lipinski definition) is 1. The SMILES string of the molecule is COc1ccc(OCc2ccc(N)nc2)cc1[N+](=O)[O-]. The Bertz CT molecular complexity index is 614. The quantitative estimate of drug-likeness (QED) is 0.662. The minimum Gasteiger partial charge on any atom is -0.490 e. The smallest absolute Gasteiger partial charge is 0.314 e. The minimum atomic E-state index is -0.517. The molecule has 1 aromatic heterocycles. The van der Waals surface area contributed by atoms with E-state index in [9.17, 15) is 10.1 Å². The van der Waals surface area contributed by atoms with Gasteiger partial charge in [-0.15, -0.1) is 0 Å². The van der Waals surface area contributed by atoms with Gasteiger partial charge in [-0.2, -0.15) is 0 Å². The predicted octanol–water partition coefficient (Wildman–Crippen LogP) is 2.16. The van der Waals surface area contributed by atoms with Crippen LogP contribution in [0.2, 0.25) is 0 Å². The highest BCUT2D eigenvalue weighted by Gasteiger charge is 2.15. The fraction of sp³-hybridized carbons (Fsp3) is 0.154. The number of nitrogens with two attached hydrogens (primary N) is 1. The van der Waals surface area contributed by atoms with E-state index in [4.69, 9.17) is 15.2 Å². The Hall–Kier alpha value is -2.83. The minimum absolute atomic E-state index is 0.138. The van der Waals surface area contributed by atoms with Gasteiger partial charge in [0.1, 0.15) is 18.2 Å². The monoisotopic (exact) mass is 275 g/mol. The molecular weight excluding hydrogens is 262 g/mol. The van der Waals surface area contributed by atoms with Crippen molar-refractivity contribution in [2.24, 2.45) is 0 Å². The number of nitro benzene ring substituents is 1. The van der Waals surface area contributed by atoms with E-state index in [1.54, 1.807) is 24.4 Å². The van der Waals surface area contributed by atoms with E-state index in [-0.39, 0.29) is 18.0 Å². The molecule has 0 fully saturated rings. The fourth-order valence-corrected chi connectivity index (χ4v) is 1.59. The van der Waals surface area contributed by atoms with Crippen LogP contribution in [0.15, 0.2) is 36.5 Å². The second-order valence-corrected chi connectivity index (χ2v) is 3.97. The Balaban J connectivity index is 2.11. The molecule has 0 radical (unpaired) electrons. The average molecular weight is 275 g/mol. The number of methoxy groups -OCH3 is 1. The number of nitrogens with zero attached hydrogens (tertiary/aromatic N) is 2. The van der Waals surface area contributed by atoms with E-state index >= 15 is 0 Å². The number of nitro groups is 1. The van der Waals surface area contributed by atoms with Crippen LogP contribution >= 0.6 is 0 Å². The van der Waals surface area contributed by atoms with E-state index < -0.39 is 4.92 Å². The molecule has 7 heteroatoms. The molecule has 2 N–H and O–H groups in total. The van der Waals surface area contributed by atoms with Gasteiger partial charge in [0.05, 0.1) is 18.1 Å². The fourth-order valence-electron chi connectivity index (χ4n) is 1.59. The third-order valence-corrected chi connectivity index (χ3v) is 2.60. The van der Waals surface area contributed by atoms with Gasteiger partial charge in [-0.3, -0.25) is 10.1 Å². The number of rotatable bonds is 5. The normalized spacial score (nSPS) is 10.1. The van der Waals surface area contributed by atoms with Crippen molar-refractivity contribution in [3.05, 3.63) is 52.2 Å². The van der Waals surface area contributed by atoms with Crippen molar-refractivity contribution in [1.82, 2.24) is 4.98 Å². The van der Waals surface area contributed by atoms with Crippen LogP contribution in [-0.4, -0.2) is 17.0 Å². The lowest BCUT2D eigenvalue weighted by molar-refractivity contribution is -0.385. The summed E-state index contributed by atoms with van der Waals surface area (Å²) in [5.74, 6) is 1.000. The standard InChI is InChI=1S/C13H13N3O4/c1-19-12-4-3-10(6-11(12)16(17)18)20-8-9-2-5-13(14)15-7-9/h2-7H,8H2,1H3,(H2,14,15). The molecule has 0 bridgehead atoms. The summed E-state index contributed by atoms with van der Waals surface area (Å²) in [4.78, 5) is 14.3. The number of hydrogen-bond acceptors (Lipinski definition) is 6. The predicted molar refractivity (Wildman–Crippen MR) is 72.6 cm³/mol. The van der Waals surface area contributed by atoms with Gasteiger partial charge in [-0.05, 0) is 18.2 Å². The Kier molecular flexibility index (Phi) is 3.99. The Labute approximate surface area is 115 Å². The topological polar surface area (TPSA) is 101 Å². The van der Waals surface area contributed by atoms with Crippen LogP contribution in [0.4, 0.5) is 11.5 Å². The molecular formula is C13H13N3O4. The van der Waals surface area contributed by atoms with Gasteiger partial charge in [0.2, 0.25) is 0 Å². The molecule has 0 aliphatic heterocycles. The number of nitrogen functional groups attached to an aromatic ring is 1. The highest BCUT2D eigenvalue weighted by Crippen LogP contribution is 2.31. The highest BCUT2D eigenvalue weighted by atomic mass is 16.6. The van der Waals surface area contributed by atoms with E-state index in [2.05, 4.69) is 4.98 Å². The molecule has 0 unspecified atom stereocenters. The van der Waals surface area contributed by atoms with Gasteiger partial charge in [-0.1, -0.05) is 6.07 Å². The maximum Gasteiger partial charge on any atom is 0.314 e. The molecule has 1 aromatic carbocycles. The second-order valence-electron chi connectivity index (χ2n) is 3.97. The lowest BCUT2D eigenvalue weighted by atomic mass is 10.2. The Morgan fingerprint density at radius 2 is 2.15 bits per heavy atom. The molecule has 0 atom stereocenters. The van der Waals surface area contributed by atoms with E-state index in [1.165, 1.54) is 19.2 Å². The Morgan fingerprint density at radius 1 is 1.35 bits per heavy atom. The maximum atomic E-state index is 10.9. The van der Waals surface area contributed by atoms with Crippen molar-refractivity contribution in [1.29, 1.82) is 0 Å². The van der Waals surface area contributed by atoms with E-state index in [1.807, 2.05) is 0 Å². The van der Waals surface area contributed by atoms with Crippen LogP contribution in [0.5, 0.6) is 11.5 Å². The summed E-state index contributed by atoms with van der Waals surface area (Å²) in [5, 5.41) is 10.9. The van der Waals surface area contributed by atoms with Crippen LogP contribution in [0.1, 0.15) is 5.56 Å². The summed E-state index contributed by atoms with van der Waals surface area (Å²) in [6.45, 7) is 0.247. The van der Waals surface area contributed by atoms with Gasteiger partial charge >= 0.3 is 5.69 Å². The molecule has 0 aliphatic rings. The van der Waals surface area contributed by atoms with Crippen molar-refractivity contribution < 1.29 is 14.4 Å². The highest BCUT2D eigenvalue weighted by molar-refractivity contribution is 5.50. The van der Waals surface area contributed by atoms with Gasteiger partial charge in [-0.25, -0.2) is 4.98 Å². The summed E-state index contributed by atoms with van der Waals surface area (Å²) in [6, 6.07) is 7.87. The molecule has 104 valence electrons. The second kappa shape index (κ2) is 5.87. The molecule has 0 amide bonds. The van der Waals surface area contributed by atoms with Crippen molar-refractivity contribution in [2.45, 2.75) is 6.61 Å². The van der Waals surface area contributed by atoms with Crippen LogP contribution in [0.25, 0.3) is 0 Å². The Morgan fingerprint density at radius 3 is 2.75 bits per heavy atom. The zero-order chi connectivity index (χ0) is 14.5. The van der Waals surface area contributed by atoms with Crippen LogP contribution in [-0.2, 0) is 6.61 Å². The van der Waals surface area contributed by atoms with E-state index in [0.29, 0.717) is 11.6 Å². The largest absolute Gasteiger partial charge is 0.490 e. The summed E-state index contributed by atoms with van der Waals surface area (Å²) < 4.78 is 10.4. The van der Waals surface area contributed by atoms with Gasteiger partial charge in [0.25, 0.3) is 0 Å². The number of aromatic nitrogens is 1. The van der Waals surface area contributed by atoms with Gasteiger partial charge in [0.15, 0.2) is 5.75 Å². The van der Waals surface area contributed by atoms with Crippen LogP contribution in [0.3, 0.4) is 0 Å². The molecule has 2 aromatic rings. The first kappa shape index (κ1) is 13.6. The summed E-state index contributed by atoms with van der Waals surface area (Å²) in [5.41, 5.74) is 6.16.